The largest absolute Gasteiger partial charge is 0.439 e. The number of amides is 1. The van der Waals surface area contributed by atoms with Crippen molar-refractivity contribution >= 4 is 30.7 Å². The Balaban J connectivity index is 0.00000210. The molecule has 160 valence electrons. The fourth-order valence-electron chi connectivity index (χ4n) is 3.29. The number of benzene rings is 1. The van der Waals surface area contributed by atoms with Gasteiger partial charge < -0.3 is 15.0 Å². The van der Waals surface area contributed by atoms with Gasteiger partial charge in [0.25, 0.3) is 5.91 Å². The average Bonchev–Trinajstić information content (AvgIpc) is 2.68. The van der Waals surface area contributed by atoms with Crippen LogP contribution >= 0.6 is 24.8 Å². The highest BCUT2D eigenvalue weighted by Gasteiger charge is 2.23. The van der Waals surface area contributed by atoms with Crippen molar-refractivity contribution in [2.45, 2.75) is 45.1 Å². The molecule has 1 aliphatic rings. The molecule has 1 amide bonds. The normalized spacial score (nSPS) is 16.4. The zero-order valence-electron chi connectivity index (χ0n) is 17.5. The maximum atomic E-state index is 12.7. The van der Waals surface area contributed by atoms with Crippen molar-refractivity contribution in [2.75, 3.05) is 20.1 Å². The molecule has 0 saturated carbocycles. The SMILES string of the molecule is CNC1CCCN(C(=O)c2ccc(Oc3ccc(C(C)(C)C)cc3)nc2)C1.Cl.Cl. The van der Waals surface area contributed by atoms with Crippen LogP contribution in [0.15, 0.2) is 42.6 Å². The Morgan fingerprint density at radius 2 is 1.83 bits per heavy atom. The average molecular weight is 440 g/mol. The molecule has 1 atom stereocenters. The van der Waals surface area contributed by atoms with Gasteiger partial charge in [0, 0.05) is 31.4 Å². The van der Waals surface area contributed by atoms with Crippen molar-refractivity contribution in [1.82, 2.24) is 15.2 Å². The molecule has 1 unspecified atom stereocenters. The Morgan fingerprint density at radius 3 is 2.38 bits per heavy atom. The number of nitrogens with zero attached hydrogens (tertiary/aromatic N) is 2. The van der Waals surface area contributed by atoms with Crippen LogP contribution in [0.25, 0.3) is 0 Å². The van der Waals surface area contributed by atoms with E-state index in [-0.39, 0.29) is 36.1 Å². The summed E-state index contributed by atoms with van der Waals surface area (Å²) in [6, 6.07) is 12.0. The lowest BCUT2D eigenvalue weighted by atomic mass is 9.87. The van der Waals surface area contributed by atoms with E-state index >= 15 is 0 Å². The maximum absolute atomic E-state index is 12.7. The van der Waals surface area contributed by atoms with Crippen LogP contribution in [-0.2, 0) is 5.41 Å². The Hall–Kier alpha value is -1.82. The van der Waals surface area contributed by atoms with E-state index in [4.69, 9.17) is 4.74 Å². The highest BCUT2D eigenvalue weighted by Crippen LogP contribution is 2.26. The van der Waals surface area contributed by atoms with Crippen LogP contribution in [0.3, 0.4) is 0 Å². The minimum Gasteiger partial charge on any atom is -0.439 e. The highest BCUT2D eigenvalue weighted by molar-refractivity contribution is 5.94. The smallest absolute Gasteiger partial charge is 0.255 e. The van der Waals surface area contributed by atoms with Gasteiger partial charge in [-0.3, -0.25) is 4.79 Å². The summed E-state index contributed by atoms with van der Waals surface area (Å²) < 4.78 is 5.81. The molecular formula is C22H31Cl2N3O2. The number of piperidine rings is 1. The quantitative estimate of drug-likeness (QED) is 0.740. The van der Waals surface area contributed by atoms with Crippen LogP contribution in [0.5, 0.6) is 11.6 Å². The monoisotopic (exact) mass is 439 g/mol. The summed E-state index contributed by atoms with van der Waals surface area (Å²) in [7, 11) is 1.94. The summed E-state index contributed by atoms with van der Waals surface area (Å²) in [6.45, 7) is 8.09. The molecule has 0 radical (unpaired) electrons. The lowest BCUT2D eigenvalue weighted by Crippen LogP contribution is -2.46. The van der Waals surface area contributed by atoms with Crippen LogP contribution in [-0.4, -0.2) is 42.0 Å². The van der Waals surface area contributed by atoms with E-state index in [0.717, 1.165) is 31.7 Å². The van der Waals surface area contributed by atoms with Gasteiger partial charge in [-0.05, 0) is 49.1 Å². The van der Waals surface area contributed by atoms with E-state index in [1.807, 2.05) is 24.1 Å². The predicted molar refractivity (Wildman–Crippen MR) is 122 cm³/mol. The molecule has 1 aromatic carbocycles. The van der Waals surface area contributed by atoms with Gasteiger partial charge in [0.15, 0.2) is 0 Å². The molecule has 29 heavy (non-hydrogen) atoms. The minimum absolute atomic E-state index is 0. The second-order valence-corrected chi connectivity index (χ2v) is 8.14. The molecule has 5 nitrogen and oxygen atoms in total. The molecule has 3 rings (SSSR count). The van der Waals surface area contributed by atoms with Crippen LogP contribution in [0.1, 0.15) is 49.5 Å². The first-order valence-corrected chi connectivity index (χ1v) is 9.58. The third-order valence-corrected chi connectivity index (χ3v) is 5.04. The first kappa shape index (κ1) is 25.2. The van der Waals surface area contributed by atoms with Gasteiger partial charge in [-0.25, -0.2) is 4.98 Å². The van der Waals surface area contributed by atoms with Gasteiger partial charge in [-0.2, -0.15) is 0 Å². The number of pyridine rings is 1. The number of hydrogen-bond acceptors (Lipinski definition) is 4. The number of likely N-dealkylation sites (tertiary alicyclic amines) is 1. The summed E-state index contributed by atoms with van der Waals surface area (Å²) in [5.41, 5.74) is 1.96. The summed E-state index contributed by atoms with van der Waals surface area (Å²) in [5.74, 6) is 1.26. The first-order chi connectivity index (χ1) is 12.9. The topological polar surface area (TPSA) is 54.5 Å². The molecule has 1 aliphatic heterocycles. The second kappa shape index (κ2) is 10.8. The molecule has 1 fully saturated rings. The molecule has 2 heterocycles. The molecular weight excluding hydrogens is 409 g/mol. The van der Waals surface area contributed by atoms with E-state index in [9.17, 15) is 4.79 Å². The maximum Gasteiger partial charge on any atom is 0.255 e. The van der Waals surface area contributed by atoms with Crippen molar-refractivity contribution in [3.05, 3.63) is 53.7 Å². The molecule has 0 aliphatic carbocycles. The van der Waals surface area contributed by atoms with Crippen molar-refractivity contribution in [3.63, 3.8) is 0 Å². The van der Waals surface area contributed by atoms with E-state index in [0.29, 0.717) is 17.5 Å². The number of ether oxygens (including phenoxy) is 1. The third-order valence-electron chi connectivity index (χ3n) is 5.04. The molecule has 7 heteroatoms. The van der Waals surface area contributed by atoms with Crippen LogP contribution in [0, 0.1) is 0 Å². The molecule has 2 aromatic rings. The number of hydrogen-bond donors (Lipinski definition) is 1. The van der Waals surface area contributed by atoms with Crippen LogP contribution < -0.4 is 10.1 Å². The molecule has 1 saturated heterocycles. The Morgan fingerprint density at radius 1 is 1.14 bits per heavy atom. The Labute approximate surface area is 186 Å². The summed E-state index contributed by atoms with van der Waals surface area (Å²) in [4.78, 5) is 18.9. The van der Waals surface area contributed by atoms with Gasteiger partial charge in [-0.1, -0.05) is 32.9 Å². The van der Waals surface area contributed by atoms with Crippen molar-refractivity contribution in [2.24, 2.45) is 0 Å². The van der Waals surface area contributed by atoms with E-state index in [1.54, 1.807) is 18.3 Å². The number of carbonyl (C=O) groups is 1. The van der Waals surface area contributed by atoms with Gasteiger partial charge in [-0.15, -0.1) is 24.8 Å². The summed E-state index contributed by atoms with van der Waals surface area (Å²) in [6.07, 6.45) is 3.74. The van der Waals surface area contributed by atoms with Gasteiger partial charge in [0.1, 0.15) is 5.75 Å². The molecule has 1 N–H and O–H groups in total. The highest BCUT2D eigenvalue weighted by atomic mass is 35.5. The zero-order chi connectivity index (χ0) is 19.4. The lowest BCUT2D eigenvalue weighted by molar-refractivity contribution is 0.0697. The van der Waals surface area contributed by atoms with E-state index in [1.165, 1.54) is 5.56 Å². The van der Waals surface area contributed by atoms with Gasteiger partial charge in [0.2, 0.25) is 5.88 Å². The molecule has 0 bridgehead atoms. The van der Waals surface area contributed by atoms with Crippen molar-refractivity contribution in [3.8, 4) is 11.6 Å². The Kier molecular flexibility index (Phi) is 9.40. The number of halogens is 2. The van der Waals surface area contributed by atoms with E-state index in [2.05, 4.69) is 43.2 Å². The number of nitrogens with one attached hydrogen (secondary N) is 1. The molecule has 1 aromatic heterocycles. The fraction of sp³-hybridized carbons (Fsp3) is 0.455. The second-order valence-electron chi connectivity index (χ2n) is 8.14. The number of likely N-dealkylation sites (N-methyl/N-ethyl adjacent to an activating group) is 1. The number of aromatic nitrogens is 1. The third kappa shape index (κ3) is 6.59. The standard InChI is InChI=1S/C22H29N3O2.2ClH/c1-22(2,3)17-8-10-19(11-9-17)27-20-12-7-16(14-24-20)21(26)25-13-5-6-18(15-25)23-4;;/h7-12,14,18,23H,5-6,13,15H2,1-4H3;2*1H. The fourth-order valence-corrected chi connectivity index (χ4v) is 3.29. The van der Waals surface area contributed by atoms with Crippen LogP contribution in [0.2, 0.25) is 0 Å². The zero-order valence-corrected chi connectivity index (χ0v) is 19.1. The van der Waals surface area contributed by atoms with Crippen molar-refractivity contribution < 1.29 is 9.53 Å². The van der Waals surface area contributed by atoms with Gasteiger partial charge >= 0.3 is 0 Å². The number of carbonyl (C=O) groups excluding carboxylic acids is 1. The predicted octanol–water partition coefficient (Wildman–Crippen LogP) is 4.84. The van der Waals surface area contributed by atoms with Crippen LogP contribution in [0.4, 0.5) is 0 Å². The van der Waals surface area contributed by atoms with E-state index < -0.39 is 0 Å². The molecule has 0 spiro atoms. The lowest BCUT2D eigenvalue weighted by Gasteiger charge is -2.32. The summed E-state index contributed by atoms with van der Waals surface area (Å²) in [5, 5.41) is 3.26. The summed E-state index contributed by atoms with van der Waals surface area (Å²) >= 11 is 0. The minimum atomic E-state index is 0. The van der Waals surface area contributed by atoms with Crippen molar-refractivity contribution in [1.29, 1.82) is 0 Å². The van der Waals surface area contributed by atoms with Gasteiger partial charge in [0.05, 0.1) is 5.56 Å². The Bertz CT molecular complexity index is 774. The first-order valence-electron chi connectivity index (χ1n) is 9.58. The number of rotatable bonds is 4.